The number of amides is 1. The largest absolute Gasteiger partial charge is 0.357 e. The van der Waals surface area contributed by atoms with Gasteiger partial charge in [0.25, 0.3) is 0 Å². The monoisotopic (exact) mass is 323 g/mol. The van der Waals surface area contributed by atoms with Crippen molar-refractivity contribution in [2.75, 3.05) is 32.7 Å². The predicted molar refractivity (Wildman–Crippen MR) is 90.2 cm³/mol. The van der Waals surface area contributed by atoms with Crippen LogP contribution < -0.4 is 5.32 Å². The Balaban J connectivity index is 2.02. The Kier molecular flexibility index (Phi) is 5.76. The van der Waals surface area contributed by atoms with E-state index in [0.29, 0.717) is 6.54 Å². The summed E-state index contributed by atoms with van der Waals surface area (Å²) in [7, 11) is 0. The maximum absolute atomic E-state index is 11.4. The van der Waals surface area contributed by atoms with Crippen LogP contribution in [0.25, 0.3) is 0 Å². The zero-order valence-electron chi connectivity index (χ0n) is 13.8. The topological polar surface area (TPSA) is 60.8 Å². The summed E-state index contributed by atoms with van der Waals surface area (Å²) in [5, 5.41) is 4.44. The molecule has 1 aromatic rings. The van der Waals surface area contributed by atoms with Gasteiger partial charge in [-0.15, -0.1) is 11.3 Å². The molecule has 0 radical (unpaired) electrons. The van der Waals surface area contributed by atoms with E-state index in [1.807, 2.05) is 18.7 Å². The zero-order valence-corrected chi connectivity index (χ0v) is 14.7. The molecule has 1 aliphatic rings. The molecule has 2 rings (SSSR count). The summed E-state index contributed by atoms with van der Waals surface area (Å²) in [4.78, 5) is 25.9. The van der Waals surface area contributed by atoms with Crippen LogP contribution in [-0.4, -0.2) is 59.4 Å². The molecule has 1 saturated heterocycles. The lowest BCUT2D eigenvalue weighted by molar-refractivity contribution is -0.130. The summed E-state index contributed by atoms with van der Waals surface area (Å²) in [5.74, 6) is 1.08. The fourth-order valence-corrected chi connectivity index (χ4v) is 3.39. The fourth-order valence-electron chi connectivity index (χ4n) is 2.53. The molecule has 0 bridgehead atoms. The van der Waals surface area contributed by atoms with Crippen LogP contribution in [0.15, 0.2) is 4.99 Å². The average Bonchev–Trinajstić information content (AvgIpc) is 2.81. The highest BCUT2D eigenvalue weighted by Crippen LogP contribution is 2.18. The SMILES string of the molecule is CCNC(=NCc1sc(C)nc1C)N1CCN(C(C)=O)CC1. The first-order chi connectivity index (χ1) is 10.5. The third-order valence-corrected chi connectivity index (χ3v) is 4.79. The van der Waals surface area contributed by atoms with E-state index in [-0.39, 0.29) is 5.91 Å². The smallest absolute Gasteiger partial charge is 0.219 e. The van der Waals surface area contributed by atoms with Gasteiger partial charge in [0.2, 0.25) is 5.91 Å². The van der Waals surface area contributed by atoms with Crippen molar-refractivity contribution in [2.24, 2.45) is 4.99 Å². The van der Waals surface area contributed by atoms with Crippen molar-refractivity contribution in [2.45, 2.75) is 34.2 Å². The van der Waals surface area contributed by atoms with Crippen LogP contribution >= 0.6 is 11.3 Å². The number of aromatic nitrogens is 1. The Morgan fingerprint density at radius 2 is 1.91 bits per heavy atom. The van der Waals surface area contributed by atoms with Gasteiger partial charge in [0.1, 0.15) is 0 Å². The normalized spacial score (nSPS) is 16.1. The highest BCUT2D eigenvalue weighted by atomic mass is 32.1. The number of thiazole rings is 1. The van der Waals surface area contributed by atoms with Gasteiger partial charge in [0, 0.05) is 44.5 Å². The van der Waals surface area contributed by atoms with E-state index < -0.39 is 0 Å². The molecule has 0 unspecified atom stereocenters. The lowest BCUT2D eigenvalue weighted by Crippen LogP contribution is -2.53. The number of nitrogens with zero attached hydrogens (tertiary/aromatic N) is 4. The molecule has 1 amide bonds. The molecular weight excluding hydrogens is 298 g/mol. The number of nitrogens with one attached hydrogen (secondary N) is 1. The molecule has 6 nitrogen and oxygen atoms in total. The Hall–Kier alpha value is -1.63. The summed E-state index contributed by atoms with van der Waals surface area (Å²) in [6.07, 6.45) is 0. The summed E-state index contributed by atoms with van der Waals surface area (Å²) >= 11 is 1.71. The molecule has 0 aliphatic carbocycles. The van der Waals surface area contributed by atoms with Gasteiger partial charge in [-0.3, -0.25) is 4.79 Å². The second-order valence-electron chi connectivity index (χ2n) is 5.40. The zero-order chi connectivity index (χ0) is 16.1. The van der Waals surface area contributed by atoms with Crippen LogP contribution in [0.2, 0.25) is 0 Å². The number of hydrogen-bond donors (Lipinski definition) is 1. The fraction of sp³-hybridized carbons (Fsp3) is 0.667. The van der Waals surface area contributed by atoms with E-state index in [0.717, 1.165) is 49.4 Å². The standard InChI is InChI=1S/C15H25N5OS/c1-5-16-15(17-10-14-11(2)18-12(3)22-14)20-8-6-19(7-9-20)13(4)21/h5-10H2,1-4H3,(H,16,17). The van der Waals surface area contributed by atoms with Gasteiger partial charge in [0.05, 0.1) is 17.2 Å². The summed E-state index contributed by atoms with van der Waals surface area (Å²) < 4.78 is 0. The highest BCUT2D eigenvalue weighted by molar-refractivity contribution is 7.11. The van der Waals surface area contributed by atoms with E-state index in [9.17, 15) is 4.79 Å². The quantitative estimate of drug-likeness (QED) is 0.674. The molecule has 0 spiro atoms. The van der Waals surface area contributed by atoms with Crippen LogP contribution in [0.5, 0.6) is 0 Å². The minimum atomic E-state index is 0.150. The van der Waals surface area contributed by atoms with Crippen molar-refractivity contribution in [1.82, 2.24) is 20.1 Å². The van der Waals surface area contributed by atoms with Crippen molar-refractivity contribution >= 4 is 23.2 Å². The van der Waals surface area contributed by atoms with E-state index in [2.05, 4.69) is 22.1 Å². The maximum Gasteiger partial charge on any atom is 0.219 e. The second kappa shape index (κ2) is 7.58. The number of guanidine groups is 1. The molecule has 122 valence electrons. The van der Waals surface area contributed by atoms with Crippen LogP contribution in [0.1, 0.15) is 29.4 Å². The molecule has 22 heavy (non-hydrogen) atoms. The van der Waals surface area contributed by atoms with Gasteiger partial charge in [-0.1, -0.05) is 0 Å². The van der Waals surface area contributed by atoms with Gasteiger partial charge in [-0.25, -0.2) is 9.98 Å². The van der Waals surface area contributed by atoms with E-state index in [1.54, 1.807) is 18.3 Å². The van der Waals surface area contributed by atoms with Crippen LogP contribution in [0.3, 0.4) is 0 Å². The van der Waals surface area contributed by atoms with E-state index >= 15 is 0 Å². The van der Waals surface area contributed by atoms with Gasteiger partial charge in [-0.2, -0.15) is 0 Å². The average molecular weight is 323 g/mol. The first-order valence-corrected chi connectivity index (χ1v) is 8.54. The molecule has 2 heterocycles. The third-order valence-electron chi connectivity index (χ3n) is 3.73. The van der Waals surface area contributed by atoms with E-state index in [1.165, 1.54) is 4.88 Å². The van der Waals surface area contributed by atoms with Crippen molar-refractivity contribution in [3.05, 3.63) is 15.6 Å². The molecule has 1 N–H and O–H groups in total. The van der Waals surface area contributed by atoms with Gasteiger partial charge >= 0.3 is 0 Å². The van der Waals surface area contributed by atoms with Crippen molar-refractivity contribution in [3.63, 3.8) is 0 Å². The summed E-state index contributed by atoms with van der Waals surface area (Å²) in [6, 6.07) is 0. The second-order valence-corrected chi connectivity index (χ2v) is 6.69. The highest BCUT2D eigenvalue weighted by Gasteiger charge is 2.20. The van der Waals surface area contributed by atoms with Crippen LogP contribution in [0.4, 0.5) is 0 Å². The number of carbonyl (C=O) groups is 1. The van der Waals surface area contributed by atoms with Gasteiger partial charge < -0.3 is 15.1 Å². The molecule has 1 aliphatic heterocycles. The molecule has 1 aromatic heterocycles. The maximum atomic E-state index is 11.4. The van der Waals surface area contributed by atoms with Crippen LogP contribution in [-0.2, 0) is 11.3 Å². The molecular formula is C15H25N5OS. The first kappa shape index (κ1) is 16.7. The molecule has 0 atom stereocenters. The number of aryl methyl sites for hydroxylation is 2. The first-order valence-electron chi connectivity index (χ1n) is 7.73. The number of carbonyl (C=O) groups excluding carboxylic acids is 1. The third kappa shape index (κ3) is 4.19. The molecule has 0 aromatic carbocycles. The summed E-state index contributed by atoms with van der Waals surface area (Å²) in [6.45, 7) is 12.4. The van der Waals surface area contributed by atoms with Crippen LogP contribution in [0, 0.1) is 13.8 Å². The number of aliphatic imine (C=N–C) groups is 1. The number of rotatable bonds is 3. The van der Waals surface area contributed by atoms with E-state index in [4.69, 9.17) is 4.99 Å². The van der Waals surface area contributed by atoms with Crippen molar-refractivity contribution < 1.29 is 4.79 Å². The number of piperazine rings is 1. The summed E-state index contributed by atoms with van der Waals surface area (Å²) in [5.41, 5.74) is 1.07. The van der Waals surface area contributed by atoms with Gasteiger partial charge in [0.15, 0.2) is 5.96 Å². The Morgan fingerprint density at radius 3 is 2.41 bits per heavy atom. The molecule has 0 saturated carbocycles. The predicted octanol–water partition coefficient (Wildman–Crippen LogP) is 1.39. The minimum Gasteiger partial charge on any atom is -0.357 e. The molecule has 1 fully saturated rings. The van der Waals surface area contributed by atoms with Crippen molar-refractivity contribution in [3.8, 4) is 0 Å². The van der Waals surface area contributed by atoms with Gasteiger partial charge in [-0.05, 0) is 20.8 Å². The lowest BCUT2D eigenvalue weighted by Gasteiger charge is -2.36. The lowest BCUT2D eigenvalue weighted by atomic mass is 10.3. The van der Waals surface area contributed by atoms with Crippen molar-refractivity contribution in [1.29, 1.82) is 0 Å². The number of hydrogen-bond acceptors (Lipinski definition) is 4. The molecule has 7 heteroatoms. The Labute approximate surface area is 136 Å². The Bertz CT molecular complexity index is 546. The Morgan fingerprint density at radius 1 is 1.27 bits per heavy atom. The minimum absolute atomic E-state index is 0.150.